The Balaban J connectivity index is 3.17. The van der Waals surface area contributed by atoms with E-state index in [0.29, 0.717) is 10.2 Å². The van der Waals surface area contributed by atoms with Crippen LogP contribution in [-0.4, -0.2) is 12.0 Å². The van der Waals surface area contributed by atoms with Crippen LogP contribution in [0.1, 0.15) is 24.2 Å². The average Bonchev–Trinajstić information content (AvgIpc) is 2.08. The standard InChI is InChI=1S/C10H11BrFNO2/c1-5(2)15-9-3-6(10(13)14)8(12)4-7(9)11/h3-5H,1-2H3,(H2,13,14). The van der Waals surface area contributed by atoms with E-state index in [4.69, 9.17) is 10.5 Å². The zero-order chi connectivity index (χ0) is 11.6. The van der Waals surface area contributed by atoms with Crippen LogP contribution in [0, 0.1) is 5.82 Å². The van der Waals surface area contributed by atoms with Crippen molar-refractivity contribution in [3.05, 3.63) is 28.0 Å². The molecule has 1 rings (SSSR count). The van der Waals surface area contributed by atoms with Gasteiger partial charge in [-0.25, -0.2) is 4.39 Å². The fourth-order valence-corrected chi connectivity index (χ4v) is 1.47. The molecule has 0 spiro atoms. The summed E-state index contributed by atoms with van der Waals surface area (Å²) in [7, 11) is 0. The van der Waals surface area contributed by atoms with Crippen molar-refractivity contribution in [1.82, 2.24) is 0 Å². The molecule has 0 heterocycles. The Morgan fingerprint density at radius 1 is 1.53 bits per heavy atom. The maximum atomic E-state index is 13.2. The molecule has 0 aliphatic carbocycles. The van der Waals surface area contributed by atoms with Crippen molar-refractivity contribution in [2.45, 2.75) is 20.0 Å². The van der Waals surface area contributed by atoms with Gasteiger partial charge in [0, 0.05) is 0 Å². The van der Waals surface area contributed by atoms with E-state index in [9.17, 15) is 9.18 Å². The molecule has 0 aromatic heterocycles. The number of carbonyl (C=O) groups is 1. The highest BCUT2D eigenvalue weighted by Crippen LogP contribution is 2.28. The normalized spacial score (nSPS) is 10.5. The minimum Gasteiger partial charge on any atom is -0.490 e. The van der Waals surface area contributed by atoms with E-state index in [1.807, 2.05) is 13.8 Å². The van der Waals surface area contributed by atoms with Crippen LogP contribution in [-0.2, 0) is 0 Å². The van der Waals surface area contributed by atoms with Gasteiger partial charge in [-0.1, -0.05) is 0 Å². The zero-order valence-electron chi connectivity index (χ0n) is 8.38. The Morgan fingerprint density at radius 3 is 2.60 bits per heavy atom. The number of ether oxygens (including phenoxy) is 1. The van der Waals surface area contributed by atoms with Crippen LogP contribution in [0.25, 0.3) is 0 Å². The molecule has 0 unspecified atom stereocenters. The zero-order valence-corrected chi connectivity index (χ0v) is 9.97. The first kappa shape index (κ1) is 12.0. The molecule has 1 aromatic carbocycles. The Labute approximate surface area is 95.5 Å². The highest BCUT2D eigenvalue weighted by atomic mass is 79.9. The predicted octanol–water partition coefficient (Wildman–Crippen LogP) is 2.47. The smallest absolute Gasteiger partial charge is 0.251 e. The predicted molar refractivity (Wildman–Crippen MR) is 58.4 cm³/mol. The van der Waals surface area contributed by atoms with E-state index in [-0.39, 0.29) is 11.7 Å². The van der Waals surface area contributed by atoms with Crippen LogP contribution in [0.5, 0.6) is 5.75 Å². The average molecular weight is 276 g/mol. The van der Waals surface area contributed by atoms with Crippen molar-refractivity contribution < 1.29 is 13.9 Å². The summed E-state index contributed by atoms with van der Waals surface area (Å²) in [4.78, 5) is 10.9. The minimum absolute atomic E-state index is 0.0625. The first-order valence-corrected chi connectivity index (χ1v) is 5.16. The lowest BCUT2D eigenvalue weighted by molar-refractivity contribution is 0.0995. The van der Waals surface area contributed by atoms with Gasteiger partial charge < -0.3 is 10.5 Å². The highest BCUT2D eigenvalue weighted by Gasteiger charge is 2.13. The van der Waals surface area contributed by atoms with Crippen molar-refractivity contribution >= 4 is 21.8 Å². The van der Waals surface area contributed by atoms with E-state index in [1.165, 1.54) is 6.07 Å². The first-order chi connectivity index (χ1) is 6.91. The molecule has 0 bridgehead atoms. The van der Waals surface area contributed by atoms with Crippen molar-refractivity contribution in [2.75, 3.05) is 0 Å². The summed E-state index contributed by atoms with van der Waals surface area (Å²) < 4.78 is 19.1. The summed E-state index contributed by atoms with van der Waals surface area (Å²) in [6.07, 6.45) is -0.0625. The number of halogens is 2. The summed E-state index contributed by atoms with van der Waals surface area (Å²) in [6, 6.07) is 2.46. The molecule has 0 aliphatic rings. The van der Waals surface area contributed by atoms with Gasteiger partial charge in [0.1, 0.15) is 11.6 Å². The molecule has 2 N–H and O–H groups in total. The molecule has 0 saturated heterocycles. The molecule has 1 aromatic rings. The minimum atomic E-state index is -0.811. The van der Waals surface area contributed by atoms with E-state index < -0.39 is 11.7 Å². The number of primary amides is 1. The van der Waals surface area contributed by atoms with Crippen LogP contribution in [0.4, 0.5) is 4.39 Å². The third kappa shape index (κ3) is 2.92. The lowest BCUT2D eigenvalue weighted by atomic mass is 10.2. The first-order valence-electron chi connectivity index (χ1n) is 4.37. The SMILES string of the molecule is CC(C)Oc1cc(C(N)=O)c(F)cc1Br. The number of nitrogens with two attached hydrogens (primary N) is 1. The van der Waals surface area contributed by atoms with Crippen molar-refractivity contribution in [3.8, 4) is 5.75 Å². The fraction of sp³-hybridized carbons (Fsp3) is 0.300. The fourth-order valence-electron chi connectivity index (χ4n) is 1.06. The van der Waals surface area contributed by atoms with Crippen molar-refractivity contribution in [1.29, 1.82) is 0 Å². The number of hydrogen-bond donors (Lipinski definition) is 1. The summed E-state index contributed by atoms with van der Waals surface area (Å²) in [6.45, 7) is 3.67. The van der Waals surface area contributed by atoms with E-state index >= 15 is 0 Å². The van der Waals surface area contributed by atoms with E-state index in [0.717, 1.165) is 6.07 Å². The molecule has 3 nitrogen and oxygen atoms in total. The van der Waals surface area contributed by atoms with E-state index in [1.54, 1.807) is 0 Å². The summed E-state index contributed by atoms with van der Waals surface area (Å²) in [5.74, 6) is -1.07. The van der Waals surface area contributed by atoms with Gasteiger partial charge in [-0.2, -0.15) is 0 Å². The van der Waals surface area contributed by atoms with Gasteiger partial charge in [0.2, 0.25) is 0 Å². The molecule has 0 saturated carbocycles. The monoisotopic (exact) mass is 275 g/mol. The van der Waals surface area contributed by atoms with Gasteiger partial charge in [0.15, 0.2) is 0 Å². The third-order valence-corrected chi connectivity index (χ3v) is 2.27. The molecule has 15 heavy (non-hydrogen) atoms. The summed E-state index contributed by atoms with van der Waals surface area (Å²) in [5.41, 5.74) is 4.84. The van der Waals surface area contributed by atoms with Crippen LogP contribution >= 0.6 is 15.9 Å². The molecule has 0 fully saturated rings. The van der Waals surface area contributed by atoms with Crippen LogP contribution < -0.4 is 10.5 Å². The molecule has 82 valence electrons. The Morgan fingerprint density at radius 2 is 2.13 bits per heavy atom. The molecule has 0 atom stereocenters. The van der Waals surface area contributed by atoms with Gasteiger partial charge >= 0.3 is 0 Å². The lowest BCUT2D eigenvalue weighted by Gasteiger charge is -2.12. The maximum Gasteiger partial charge on any atom is 0.251 e. The van der Waals surface area contributed by atoms with Gasteiger partial charge in [0.05, 0.1) is 16.1 Å². The quantitative estimate of drug-likeness (QED) is 0.922. The Hall–Kier alpha value is -1.10. The summed E-state index contributed by atoms with van der Waals surface area (Å²) in [5, 5.41) is 0. The topological polar surface area (TPSA) is 52.3 Å². The number of benzene rings is 1. The molecular formula is C10H11BrFNO2. The second-order valence-electron chi connectivity index (χ2n) is 3.29. The third-order valence-electron chi connectivity index (χ3n) is 1.65. The molecule has 5 heteroatoms. The van der Waals surface area contributed by atoms with Crippen LogP contribution in [0.2, 0.25) is 0 Å². The lowest BCUT2D eigenvalue weighted by Crippen LogP contribution is -2.14. The Bertz CT molecular complexity index is 393. The highest BCUT2D eigenvalue weighted by molar-refractivity contribution is 9.10. The molecule has 0 aliphatic heterocycles. The van der Waals surface area contributed by atoms with Gasteiger partial charge in [-0.05, 0) is 41.9 Å². The number of hydrogen-bond acceptors (Lipinski definition) is 2. The summed E-state index contributed by atoms with van der Waals surface area (Å²) >= 11 is 3.14. The molecule has 1 amide bonds. The van der Waals surface area contributed by atoms with Crippen molar-refractivity contribution in [3.63, 3.8) is 0 Å². The molecular weight excluding hydrogens is 265 g/mol. The van der Waals surface area contributed by atoms with Gasteiger partial charge in [0.25, 0.3) is 5.91 Å². The maximum absolute atomic E-state index is 13.2. The Kier molecular flexibility index (Phi) is 3.68. The number of rotatable bonds is 3. The number of carbonyl (C=O) groups excluding carboxylic acids is 1. The second kappa shape index (κ2) is 4.61. The molecule has 0 radical (unpaired) electrons. The number of amides is 1. The van der Waals surface area contributed by atoms with Crippen LogP contribution in [0.3, 0.4) is 0 Å². The van der Waals surface area contributed by atoms with Crippen LogP contribution in [0.15, 0.2) is 16.6 Å². The van der Waals surface area contributed by atoms with E-state index in [2.05, 4.69) is 15.9 Å². The van der Waals surface area contributed by atoms with Gasteiger partial charge in [-0.3, -0.25) is 4.79 Å². The second-order valence-corrected chi connectivity index (χ2v) is 4.15. The largest absolute Gasteiger partial charge is 0.490 e. The van der Waals surface area contributed by atoms with Gasteiger partial charge in [-0.15, -0.1) is 0 Å². The van der Waals surface area contributed by atoms with Crippen molar-refractivity contribution in [2.24, 2.45) is 5.73 Å².